The number of ether oxygens (including phenoxy) is 1. The van der Waals surface area contributed by atoms with E-state index >= 15 is 0 Å². The highest BCUT2D eigenvalue weighted by Gasteiger charge is 2.27. The highest BCUT2D eigenvalue weighted by Crippen LogP contribution is 2.26. The molecule has 0 fully saturated rings. The van der Waals surface area contributed by atoms with Crippen LogP contribution in [0.1, 0.15) is 16.1 Å². The summed E-state index contributed by atoms with van der Waals surface area (Å²) in [4.78, 5) is 12.0. The van der Waals surface area contributed by atoms with Gasteiger partial charge in [-0.3, -0.25) is 4.79 Å². The summed E-state index contributed by atoms with van der Waals surface area (Å²) in [6, 6.07) is 5.20. The van der Waals surface area contributed by atoms with Crippen LogP contribution in [0.4, 0.5) is 20.4 Å². The summed E-state index contributed by atoms with van der Waals surface area (Å²) in [5.74, 6) is -0.775. The van der Waals surface area contributed by atoms with Crippen molar-refractivity contribution in [3.8, 4) is 5.75 Å². The Morgan fingerprint density at radius 2 is 2.05 bits per heavy atom. The van der Waals surface area contributed by atoms with Crippen molar-refractivity contribution in [2.75, 3.05) is 11.1 Å². The van der Waals surface area contributed by atoms with Gasteiger partial charge in [-0.05, 0) is 31.2 Å². The van der Waals surface area contributed by atoms with Crippen LogP contribution in [0.2, 0.25) is 0 Å². The third-order valence-electron chi connectivity index (χ3n) is 2.46. The van der Waals surface area contributed by atoms with E-state index in [0.717, 1.165) is 0 Å². The molecule has 0 saturated carbocycles. The van der Waals surface area contributed by atoms with Crippen LogP contribution in [-0.2, 0) is 0 Å². The summed E-state index contributed by atoms with van der Waals surface area (Å²) < 4.78 is 33.7. The molecule has 1 aromatic carbocycles. The molecule has 0 spiro atoms. The molecule has 0 aliphatic rings. The van der Waals surface area contributed by atoms with Gasteiger partial charge in [0.05, 0.1) is 5.69 Å². The fraction of sp³-hybridized carbons (Fsp3) is 0.167. The van der Waals surface area contributed by atoms with E-state index in [1.807, 2.05) is 0 Å². The third kappa shape index (κ3) is 3.82. The van der Waals surface area contributed by atoms with Gasteiger partial charge in [-0.25, -0.2) is 0 Å². The Morgan fingerprint density at radius 1 is 1.43 bits per heavy atom. The number of nitrogen functional groups attached to an aromatic ring is 1. The molecule has 2 rings (SSSR count). The molecule has 3 N–H and O–H groups in total. The molecule has 1 heterocycles. The number of hydrogen-bond acceptors (Lipinski definition) is 5. The average molecular weight is 318 g/mol. The van der Waals surface area contributed by atoms with E-state index in [9.17, 15) is 13.6 Å². The second-order valence-corrected chi connectivity index (χ2v) is 4.47. The summed E-state index contributed by atoms with van der Waals surface area (Å²) in [6.07, 6.45) is 0. The van der Waals surface area contributed by atoms with Crippen molar-refractivity contribution < 1.29 is 22.8 Å². The topological polar surface area (TPSA) is 90.4 Å². The molecular formula is C12H10ClF2N3O3. The summed E-state index contributed by atoms with van der Waals surface area (Å²) >= 11 is 4.64. The minimum Gasteiger partial charge on any atom is -0.420 e. The van der Waals surface area contributed by atoms with Crippen LogP contribution in [0.5, 0.6) is 5.75 Å². The average Bonchev–Trinajstić information content (AvgIpc) is 2.70. The number of aryl methyl sites for hydroxylation is 1. The van der Waals surface area contributed by atoms with Crippen LogP contribution in [0.15, 0.2) is 28.8 Å². The molecule has 0 unspecified atom stereocenters. The number of nitrogens with zero attached hydrogens (tertiary/aromatic N) is 1. The predicted octanol–water partition coefficient (Wildman–Crippen LogP) is 2.99. The summed E-state index contributed by atoms with van der Waals surface area (Å²) in [5, 5.41) is 6.08. The van der Waals surface area contributed by atoms with Crippen molar-refractivity contribution in [3.63, 3.8) is 0 Å². The number of carbonyl (C=O) groups excluding carboxylic acids is 1. The molecule has 9 heteroatoms. The maximum atomic E-state index is 12.4. The first-order chi connectivity index (χ1) is 9.76. The van der Waals surface area contributed by atoms with Gasteiger partial charge in [0, 0.05) is 17.3 Å². The second-order valence-electron chi connectivity index (χ2n) is 4.03. The minimum absolute atomic E-state index is 0.105. The minimum atomic E-state index is -3.79. The maximum Gasteiger partial charge on any atom is 0.487 e. The zero-order chi connectivity index (χ0) is 15.6. The Kier molecular flexibility index (Phi) is 3.99. The van der Waals surface area contributed by atoms with Gasteiger partial charge in [0.15, 0.2) is 0 Å². The Bertz CT molecular complexity index is 633. The van der Waals surface area contributed by atoms with Gasteiger partial charge >= 0.3 is 5.57 Å². The molecule has 0 bridgehead atoms. The van der Waals surface area contributed by atoms with Crippen molar-refractivity contribution in [1.29, 1.82) is 0 Å². The molecule has 0 radical (unpaired) electrons. The van der Waals surface area contributed by atoms with E-state index in [4.69, 9.17) is 5.73 Å². The first-order valence-electron chi connectivity index (χ1n) is 5.65. The largest absolute Gasteiger partial charge is 0.487 e. The van der Waals surface area contributed by atoms with E-state index in [0.29, 0.717) is 11.4 Å². The van der Waals surface area contributed by atoms with Crippen LogP contribution in [0.25, 0.3) is 0 Å². The first-order valence-corrected chi connectivity index (χ1v) is 6.03. The van der Waals surface area contributed by atoms with Gasteiger partial charge in [-0.2, -0.15) is 0 Å². The van der Waals surface area contributed by atoms with E-state index in [-0.39, 0.29) is 17.2 Å². The van der Waals surface area contributed by atoms with Gasteiger partial charge in [0.1, 0.15) is 11.3 Å². The predicted molar refractivity (Wildman–Crippen MR) is 71.5 cm³/mol. The Balaban J connectivity index is 2.09. The summed E-state index contributed by atoms with van der Waals surface area (Å²) in [6.45, 7) is 1.56. The second kappa shape index (κ2) is 5.57. The SMILES string of the molecule is Cc1noc(N)c1C(=O)Nc1ccc(OC(F)(F)Cl)cc1. The van der Waals surface area contributed by atoms with Crippen LogP contribution in [0.3, 0.4) is 0 Å². The van der Waals surface area contributed by atoms with Gasteiger partial charge in [-0.15, -0.1) is 8.78 Å². The fourth-order valence-electron chi connectivity index (χ4n) is 1.60. The van der Waals surface area contributed by atoms with Crippen molar-refractivity contribution in [2.24, 2.45) is 0 Å². The van der Waals surface area contributed by atoms with Gasteiger partial charge in [0.25, 0.3) is 5.91 Å². The third-order valence-corrected chi connectivity index (χ3v) is 2.54. The number of halogens is 3. The molecule has 1 aromatic heterocycles. The highest BCUT2D eigenvalue weighted by atomic mass is 35.5. The Labute approximate surface area is 122 Å². The normalized spacial score (nSPS) is 11.2. The molecule has 0 atom stereocenters. The zero-order valence-electron chi connectivity index (χ0n) is 10.7. The van der Waals surface area contributed by atoms with Gasteiger partial charge < -0.3 is 20.3 Å². The number of aromatic nitrogens is 1. The smallest absolute Gasteiger partial charge is 0.420 e. The lowest BCUT2D eigenvalue weighted by Crippen LogP contribution is -2.16. The van der Waals surface area contributed by atoms with Crippen molar-refractivity contribution in [3.05, 3.63) is 35.5 Å². The Hall–Kier alpha value is -2.35. The van der Waals surface area contributed by atoms with E-state index < -0.39 is 11.5 Å². The van der Waals surface area contributed by atoms with Gasteiger partial charge in [-0.1, -0.05) is 5.16 Å². The molecular weight excluding hydrogens is 308 g/mol. The molecule has 1 amide bonds. The lowest BCUT2D eigenvalue weighted by molar-refractivity contribution is -0.0964. The number of amides is 1. The monoisotopic (exact) mass is 317 g/mol. The fourth-order valence-corrected chi connectivity index (χ4v) is 1.69. The molecule has 0 saturated heterocycles. The van der Waals surface area contributed by atoms with Crippen LogP contribution >= 0.6 is 11.6 Å². The summed E-state index contributed by atoms with van der Waals surface area (Å²) in [7, 11) is 0. The lowest BCUT2D eigenvalue weighted by Gasteiger charge is -2.11. The number of nitrogens with two attached hydrogens (primary N) is 1. The van der Waals surface area contributed by atoms with Crippen molar-refractivity contribution in [1.82, 2.24) is 5.16 Å². The first kappa shape index (κ1) is 15.0. The number of anilines is 2. The molecule has 6 nitrogen and oxygen atoms in total. The van der Waals surface area contributed by atoms with Crippen molar-refractivity contribution >= 4 is 29.1 Å². The quantitative estimate of drug-likeness (QED) is 0.846. The van der Waals surface area contributed by atoms with E-state index in [2.05, 4.69) is 31.3 Å². The zero-order valence-corrected chi connectivity index (χ0v) is 11.4. The van der Waals surface area contributed by atoms with Crippen molar-refractivity contribution in [2.45, 2.75) is 12.5 Å². The molecule has 0 aliphatic heterocycles. The maximum absolute atomic E-state index is 12.4. The van der Waals surface area contributed by atoms with Crippen LogP contribution < -0.4 is 15.8 Å². The van der Waals surface area contributed by atoms with Crippen LogP contribution in [0, 0.1) is 6.92 Å². The van der Waals surface area contributed by atoms with Gasteiger partial charge in [0.2, 0.25) is 5.88 Å². The summed E-state index contributed by atoms with van der Waals surface area (Å²) in [5.41, 5.74) is 2.49. The van der Waals surface area contributed by atoms with E-state index in [1.54, 1.807) is 6.92 Å². The number of alkyl halides is 3. The number of rotatable bonds is 4. The number of nitrogens with one attached hydrogen (secondary N) is 1. The lowest BCUT2D eigenvalue weighted by atomic mass is 10.2. The number of carbonyl (C=O) groups is 1. The molecule has 0 aliphatic carbocycles. The standard InChI is InChI=1S/C12H10ClF2N3O3/c1-6-9(10(16)21-18-6)11(19)17-7-2-4-8(5-3-7)20-12(13,14)15/h2-5H,16H2,1H3,(H,17,19). The number of hydrogen-bond donors (Lipinski definition) is 2. The highest BCUT2D eigenvalue weighted by molar-refractivity contribution is 6.20. The Morgan fingerprint density at radius 3 is 2.52 bits per heavy atom. The van der Waals surface area contributed by atoms with E-state index in [1.165, 1.54) is 24.3 Å². The molecule has 112 valence electrons. The number of benzene rings is 1. The van der Waals surface area contributed by atoms with Crippen LogP contribution in [-0.4, -0.2) is 16.6 Å². The molecule has 2 aromatic rings. The molecule has 21 heavy (non-hydrogen) atoms.